The minimum atomic E-state index is 0.464. The summed E-state index contributed by atoms with van der Waals surface area (Å²) in [5.41, 5.74) is 3.85. The molecule has 1 aliphatic rings. The van der Waals surface area contributed by atoms with Crippen LogP contribution in [0.2, 0.25) is 0 Å². The predicted octanol–water partition coefficient (Wildman–Crippen LogP) is 3.07. The Morgan fingerprint density at radius 3 is 2.95 bits per heavy atom. The molecule has 2 atom stereocenters. The van der Waals surface area contributed by atoms with Crippen molar-refractivity contribution in [1.29, 1.82) is 0 Å². The highest BCUT2D eigenvalue weighted by atomic mass is 32.1. The van der Waals surface area contributed by atoms with Crippen molar-refractivity contribution in [2.45, 2.75) is 38.6 Å². The summed E-state index contributed by atoms with van der Waals surface area (Å²) in [5, 5.41) is 8.12. The third kappa shape index (κ3) is 5.01. The second kappa shape index (κ2) is 7.98. The third-order valence-corrected chi connectivity index (χ3v) is 4.11. The maximum absolute atomic E-state index is 5.29. The smallest absolute Gasteiger partial charge is 0.187 e. The summed E-state index contributed by atoms with van der Waals surface area (Å²) in [7, 11) is 1.65. The lowest BCUT2D eigenvalue weighted by atomic mass is 9.86. The van der Waals surface area contributed by atoms with Crippen LogP contribution in [0.1, 0.15) is 38.2 Å². The van der Waals surface area contributed by atoms with E-state index in [1.165, 1.54) is 25.7 Å². The number of benzene rings is 1. The second-order valence-electron chi connectivity index (χ2n) is 5.49. The first-order valence-electron chi connectivity index (χ1n) is 7.42. The van der Waals surface area contributed by atoms with Crippen LogP contribution in [-0.2, 0) is 0 Å². The van der Waals surface area contributed by atoms with E-state index in [9.17, 15) is 0 Å². The van der Waals surface area contributed by atoms with Crippen molar-refractivity contribution in [3.05, 3.63) is 29.8 Å². The zero-order chi connectivity index (χ0) is 15.1. The number of rotatable bonds is 4. The molecule has 21 heavy (non-hydrogen) atoms. The second-order valence-corrected chi connectivity index (χ2v) is 5.90. The molecule has 0 heterocycles. The van der Waals surface area contributed by atoms with Crippen molar-refractivity contribution in [2.75, 3.05) is 7.11 Å². The Kier molecular flexibility index (Phi) is 5.99. The third-order valence-electron chi connectivity index (χ3n) is 3.90. The number of hydrogen-bond donors (Lipinski definition) is 2. The highest BCUT2D eigenvalue weighted by molar-refractivity contribution is 7.80. The summed E-state index contributed by atoms with van der Waals surface area (Å²) in [6.45, 7) is 2.28. The van der Waals surface area contributed by atoms with E-state index in [2.05, 4.69) is 22.8 Å². The molecule has 1 aliphatic carbocycles. The maximum Gasteiger partial charge on any atom is 0.187 e. The summed E-state index contributed by atoms with van der Waals surface area (Å²) < 4.78 is 5.17. The van der Waals surface area contributed by atoms with Gasteiger partial charge in [-0.15, -0.1) is 0 Å². The summed E-state index contributed by atoms with van der Waals surface area (Å²) >= 11 is 5.29. The highest BCUT2D eigenvalue weighted by Crippen LogP contribution is 2.23. The van der Waals surface area contributed by atoms with Crippen molar-refractivity contribution in [3.8, 4) is 5.75 Å². The molecule has 1 saturated carbocycles. The summed E-state index contributed by atoms with van der Waals surface area (Å²) in [6, 6.07) is 8.19. The van der Waals surface area contributed by atoms with Gasteiger partial charge < -0.3 is 10.1 Å². The van der Waals surface area contributed by atoms with Gasteiger partial charge in [0, 0.05) is 6.04 Å². The van der Waals surface area contributed by atoms with Crippen LogP contribution in [0.25, 0.3) is 0 Å². The van der Waals surface area contributed by atoms with Gasteiger partial charge in [-0.25, -0.2) is 0 Å². The topological polar surface area (TPSA) is 45.6 Å². The van der Waals surface area contributed by atoms with Crippen LogP contribution < -0.4 is 15.5 Å². The molecule has 0 unspecified atom stereocenters. The van der Waals surface area contributed by atoms with E-state index >= 15 is 0 Å². The number of nitrogens with one attached hydrogen (secondary N) is 2. The van der Waals surface area contributed by atoms with Crippen LogP contribution in [0.3, 0.4) is 0 Å². The average Bonchev–Trinajstić information content (AvgIpc) is 2.50. The lowest BCUT2D eigenvalue weighted by Gasteiger charge is -2.30. The first-order valence-corrected chi connectivity index (χ1v) is 7.83. The van der Waals surface area contributed by atoms with Gasteiger partial charge in [0.15, 0.2) is 5.11 Å². The molecule has 0 saturated heterocycles. The number of thiocarbonyl (C=S) groups is 1. The molecule has 0 spiro atoms. The number of methoxy groups -OCH3 is 1. The molecule has 2 N–H and O–H groups in total. The van der Waals surface area contributed by atoms with E-state index in [0.717, 1.165) is 11.3 Å². The molecular formula is C16H23N3OS. The lowest BCUT2D eigenvalue weighted by molar-refractivity contribution is 0.308. The van der Waals surface area contributed by atoms with Gasteiger partial charge in [-0.05, 0) is 48.7 Å². The van der Waals surface area contributed by atoms with Crippen molar-refractivity contribution >= 4 is 23.5 Å². The average molecular weight is 305 g/mol. The molecule has 1 fully saturated rings. The fourth-order valence-corrected chi connectivity index (χ4v) is 2.82. The molecule has 0 bridgehead atoms. The number of hydrazone groups is 1. The first-order chi connectivity index (χ1) is 10.2. The van der Waals surface area contributed by atoms with Crippen LogP contribution in [0.15, 0.2) is 29.4 Å². The molecule has 0 radical (unpaired) electrons. The quantitative estimate of drug-likeness (QED) is 0.510. The Bertz CT molecular complexity index is 504. The van der Waals surface area contributed by atoms with Crippen molar-refractivity contribution in [1.82, 2.24) is 10.7 Å². The van der Waals surface area contributed by atoms with Gasteiger partial charge in [0.05, 0.1) is 13.3 Å². The summed E-state index contributed by atoms with van der Waals surface area (Å²) in [4.78, 5) is 0. The molecule has 114 valence electrons. The molecule has 1 aromatic carbocycles. The molecule has 5 heteroatoms. The van der Waals surface area contributed by atoms with Gasteiger partial charge >= 0.3 is 0 Å². The Morgan fingerprint density at radius 2 is 2.19 bits per heavy atom. The van der Waals surface area contributed by atoms with Gasteiger partial charge in [-0.1, -0.05) is 31.9 Å². The molecule has 0 aromatic heterocycles. The maximum atomic E-state index is 5.29. The molecular weight excluding hydrogens is 282 g/mol. The minimum Gasteiger partial charge on any atom is -0.497 e. The number of nitrogens with zero attached hydrogens (tertiary/aromatic N) is 1. The standard InChI is InChI=1S/C16H23N3OS/c1-12-6-3-4-9-15(12)18-16(21)19-17-11-13-7-5-8-14(10-13)20-2/h5,7-8,10-12,15H,3-4,6,9H2,1-2H3,(H2,18,19,21)/b17-11-/t12-,15+/m1/s1. The molecule has 1 aromatic rings. The van der Waals surface area contributed by atoms with Gasteiger partial charge in [0.2, 0.25) is 0 Å². The fraction of sp³-hybridized carbons (Fsp3) is 0.500. The largest absolute Gasteiger partial charge is 0.497 e. The van der Waals surface area contributed by atoms with Crippen LogP contribution in [0.5, 0.6) is 5.75 Å². The number of hydrogen-bond acceptors (Lipinski definition) is 3. The van der Waals surface area contributed by atoms with Gasteiger partial charge in [0.25, 0.3) is 0 Å². The Morgan fingerprint density at radius 1 is 1.38 bits per heavy atom. The normalized spacial score (nSPS) is 22.0. The SMILES string of the molecule is COc1cccc(/C=N\NC(=S)N[C@H]2CCCC[C@H]2C)c1. The van der Waals surface area contributed by atoms with E-state index in [1.54, 1.807) is 13.3 Å². The molecule has 4 nitrogen and oxygen atoms in total. The van der Waals surface area contributed by atoms with E-state index in [4.69, 9.17) is 17.0 Å². The van der Waals surface area contributed by atoms with Gasteiger partial charge in [0.1, 0.15) is 5.75 Å². The fourth-order valence-electron chi connectivity index (χ4n) is 2.62. The highest BCUT2D eigenvalue weighted by Gasteiger charge is 2.21. The Hall–Kier alpha value is -1.62. The van der Waals surface area contributed by atoms with Crippen molar-refractivity contribution < 1.29 is 4.74 Å². The number of ether oxygens (including phenoxy) is 1. The van der Waals surface area contributed by atoms with Crippen LogP contribution in [-0.4, -0.2) is 24.5 Å². The minimum absolute atomic E-state index is 0.464. The predicted molar refractivity (Wildman–Crippen MR) is 90.9 cm³/mol. The summed E-state index contributed by atoms with van der Waals surface area (Å²) in [6.07, 6.45) is 6.79. The Labute approximate surface area is 132 Å². The van der Waals surface area contributed by atoms with Crippen LogP contribution in [0, 0.1) is 5.92 Å². The first kappa shape index (κ1) is 15.8. The van der Waals surface area contributed by atoms with E-state index < -0.39 is 0 Å². The molecule has 0 aliphatic heterocycles. The molecule has 2 rings (SSSR count). The van der Waals surface area contributed by atoms with Crippen molar-refractivity contribution in [3.63, 3.8) is 0 Å². The van der Waals surface area contributed by atoms with E-state index in [-0.39, 0.29) is 0 Å². The van der Waals surface area contributed by atoms with E-state index in [0.29, 0.717) is 17.1 Å². The summed E-state index contributed by atoms with van der Waals surface area (Å²) in [5.74, 6) is 1.48. The van der Waals surface area contributed by atoms with E-state index in [1.807, 2.05) is 24.3 Å². The van der Waals surface area contributed by atoms with Gasteiger partial charge in [-0.3, -0.25) is 5.43 Å². The Balaban J connectivity index is 1.81. The monoisotopic (exact) mass is 305 g/mol. The van der Waals surface area contributed by atoms with Crippen molar-refractivity contribution in [2.24, 2.45) is 11.0 Å². The lowest BCUT2D eigenvalue weighted by Crippen LogP contribution is -2.44. The zero-order valence-electron chi connectivity index (χ0n) is 12.6. The van der Waals surface area contributed by atoms with Crippen LogP contribution >= 0.6 is 12.2 Å². The zero-order valence-corrected chi connectivity index (χ0v) is 13.5. The van der Waals surface area contributed by atoms with Crippen LogP contribution in [0.4, 0.5) is 0 Å². The van der Waals surface area contributed by atoms with Gasteiger partial charge in [-0.2, -0.15) is 5.10 Å². The molecule has 0 amide bonds.